The molecule has 3 nitrogen and oxygen atoms in total. The monoisotopic (exact) mass is 266 g/mol. The van der Waals surface area contributed by atoms with Crippen molar-refractivity contribution in [3.63, 3.8) is 0 Å². The van der Waals surface area contributed by atoms with Gasteiger partial charge in [-0.25, -0.2) is 0 Å². The molecule has 1 rings (SSSR count). The van der Waals surface area contributed by atoms with Crippen LogP contribution in [-0.2, 0) is 14.3 Å². The third-order valence-electron chi connectivity index (χ3n) is 4.96. The summed E-state index contributed by atoms with van der Waals surface area (Å²) in [5.74, 6) is 0.262. The Bertz CT molecular complexity index is 370. The van der Waals surface area contributed by atoms with E-state index in [-0.39, 0.29) is 23.6 Å². The SMILES string of the molecule is C=CC(C)(C)C1CCC(CC)(CC(=O)OC)C(=O)C1. The molecule has 1 aliphatic rings. The first-order valence-corrected chi connectivity index (χ1v) is 7.05. The van der Waals surface area contributed by atoms with Gasteiger partial charge in [0.1, 0.15) is 5.78 Å². The van der Waals surface area contributed by atoms with Crippen LogP contribution in [-0.4, -0.2) is 18.9 Å². The fraction of sp³-hybridized carbons (Fsp3) is 0.750. The number of ether oxygens (including phenoxy) is 1. The Morgan fingerprint density at radius 3 is 2.63 bits per heavy atom. The van der Waals surface area contributed by atoms with Crippen LogP contribution in [0, 0.1) is 16.7 Å². The van der Waals surface area contributed by atoms with Crippen molar-refractivity contribution >= 4 is 11.8 Å². The Hall–Kier alpha value is -1.12. The number of Topliss-reactive ketones (excluding diaryl/α,β-unsaturated/α-hetero) is 1. The van der Waals surface area contributed by atoms with Crippen molar-refractivity contribution in [2.75, 3.05) is 7.11 Å². The molecule has 1 aliphatic carbocycles. The number of esters is 1. The molecule has 0 spiro atoms. The molecule has 108 valence electrons. The van der Waals surface area contributed by atoms with E-state index in [1.54, 1.807) is 0 Å². The van der Waals surface area contributed by atoms with Crippen LogP contribution < -0.4 is 0 Å². The maximum absolute atomic E-state index is 12.5. The molecule has 0 amide bonds. The van der Waals surface area contributed by atoms with E-state index in [4.69, 9.17) is 4.74 Å². The molecule has 0 N–H and O–H groups in total. The summed E-state index contributed by atoms with van der Waals surface area (Å²) in [7, 11) is 1.38. The van der Waals surface area contributed by atoms with E-state index in [1.807, 2.05) is 13.0 Å². The van der Waals surface area contributed by atoms with Crippen LogP contribution in [0.15, 0.2) is 12.7 Å². The molecule has 0 heterocycles. The summed E-state index contributed by atoms with van der Waals surface area (Å²) >= 11 is 0. The molecule has 0 aromatic carbocycles. The Kier molecular flexibility index (Phi) is 4.94. The molecule has 1 saturated carbocycles. The summed E-state index contributed by atoms with van der Waals surface area (Å²) in [4.78, 5) is 24.1. The minimum absolute atomic E-state index is 0.0270. The Morgan fingerprint density at radius 1 is 1.58 bits per heavy atom. The molecule has 0 saturated heterocycles. The summed E-state index contributed by atoms with van der Waals surface area (Å²) in [6.07, 6.45) is 5.16. The van der Waals surface area contributed by atoms with Gasteiger partial charge in [0.25, 0.3) is 0 Å². The molecular formula is C16H26O3. The predicted octanol–water partition coefficient (Wildman–Crippen LogP) is 3.53. The zero-order valence-electron chi connectivity index (χ0n) is 12.6. The summed E-state index contributed by atoms with van der Waals surface area (Å²) < 4.78 is 4.74. The highest BCUT2D eigenvalue weighted by Crippen LogP contribution is 2.47. The van der Waals surface area contributed by atoms with E-state index in [0.717, 1.165) is 12.8 Å². The number of carbonyl (C=O) groups is 2. The van der Waals surface area contributed by atoms with Gasteiger partial charge in [0, 0.05) is 11.8 Å². The highest BCUT2D eigenvalue weighted by atomic mass is 16.5. The lowest BCUT2D eigenvalue weighted by molar-refractivity contribution is -0.150. The van der Waals surface area contributed by atoms with E-state index in [0.29, 0.717) is 18.8 Å². The lowest BCUT2D eigenvalue weighted by Gasteiger charge is -2.42. The third kappa shape index (κ3) is 3.26. The van der Waals surface area contributed by atoms with Crippen molar-refractivity contribution in [2.24, 2.45) is 16.7 Å². The number of hydrogen-bond donors (Lipinski definition) is 0. The van der Waals surface area contributed by atoms with Crippen LogP contribution in [0.4, 0.5) is 0 Å². The second-order valence-corrected chi connectivity index (χ2v) is 6.28. The molecule has 19 heavy (non-hydrogen) atoms. The molecule has 0 radical (unpaired) electrons. The molecule has 3 heteroatoms. The first kappa shape index (κ1) is 15.9. The first-order valence-electron chi connectivity index (χ1n) is 7.05. The second kappa shape index (κ2) is 5.89. The Labute approximate surface area is 116 Å². The van der Waals surface area contributed by atoms with Gasteiger partial charge < -0.3 is 4.74 Å². The largest absolute Gasteiger partial charge is 0.469 e. The highest BCUT2D eigenvalue weighted by Gasteiger charge is 2.45. The lowest BCUT2D eigenvalue weighted by atomic mass is 9.61. The van der Waals surface area contributed by atoms with Crippen molar-refractivity contribution in [1.29, 1.82) is 0 Å². The molecule has 0 aromatic heterocycles. The minimum atomic E-state index is -0.499. The predicted molar refractivity (Wildman–Crippen MR) is 75.7 cm³/mol. The minimum Gasteiger partial charge on any atom is -0.469 e. The fourth-order valence-corrected chi connectivity index (χ4v) is 2.97. The fourth-order valence-electron chi connectivity index (χ4n) is 2.97. The van der Waals surface area contributed by atoms with E-state index in [9.17, 15) is 9.59 Å². The molecule has 2 atom stereocenters. The van der Waals surface area contributed by atoms with E-state index in [2.05, 4.69) is 20.4 Å². The van der Waals surface area contributed by atoms with Gasteiger partial charge in [-0.15, -0.1) is 6.58 Å². The van der Waals surface area contributed by atoms with Gasteiger partial charge in [-0.1, -0.05) is 26.8 Å². The topological polar surface area (TPSA) is 43.4 Å². The van der Waals surface area contributed by atoms with E-state index >= 15 is 0 Å². The number of methoxy groups -OCH3 is 1. The van der Waals surface area contributed by atoms with Crippen LogP contribution in [0.3, 0.4) is 0 Å². The molecule has 0 aliphatic heterocycles. The molecular weight excluding hydrogens is 240 g/mol. The molecule has 0 bridgehead atoms. The summed E-state index contributed by atoms with van der Waals surface area (Å²) in [6.45, 7) is 10.1. The summed E-state index contributed by atoms with van der Waals surface area (Å²) in [5.41, 5.74) is -0.526. The zero-order chi connectivity index (χ0) is 14.7. The van der Waals surface area contributed by atoms with Gasteiger partial charge in [0.05, 0.1) is 13.5 Å². The maximum Gasteiger partial charge on any atom is 0.306 e. The van der Waals surface area contributed by atoms with Gasteiger partial charge in [-0.2, -0.15) is 0 Å². The number of hydrogen-bond acceptors (Lipinski definition) is 3. The van der Waals surface area contributed by atoms with E-state index in [1.165, 1.54) is 7.11 Å². The summed E-state index contributed by atoms with van der Waals surface area (Å²) in [5, 5.41) is 0. The quantitative estimate of drug-likeness (QED) is 0.565. The van der Waals surface area contributed by atoms with Crippen molar-refractivity contribution in [1.82, 2.24) is 0 Å². The number of ketones is 1. The normalized spacial score (nSPS) is 28.0. The van der Waals surface area contributed by atoms with Crippen molar-refractivity contribution < 1.29 is 14.3 Å². The maximum atomic E-state index is 12.5. The lowest BCUT2D eigenvalue weighted by Crippen LogP contribution is -2.41. The second-order valence-electron chi connectivity index (χ2n) is 6.28. The zero-order valence-corrected chi connectivity index (χ0v) is 12.6. The van der Waals surface area contributed by atoms with Crippen LogP contribution >= 0.6 is 0 Å². The van der Waals surface area contributed by atoms with Crippen molar-refractivity contribution in [3.8, 4) is 0 Å². The number of carbonyl (C=O) groups excluding carboxylic acids is 2. The molecule has 0 aromatic rings. The summed E-state index contributed by atoms with van der Waals surface area (Å²) in [6, 6.07) is 0. The molecule has 1 fully saturated rings. The standard InChI is InChI=1S/C16H26O3/c1-6-15(3,4)12-8-9-16(7-2,13(17)10-12)11-14(18)19-5/h6,12H,1,7-11H2,2-5H3. The van der Waals surface area contributed by atoms with Gasteiger partial charge in [-0.3, -0.25) is 9.59 Å². The van der Waals surface area contributed by atoms with Gasteiger partial charge in [-0.05, 0) is 30.6 Å². The Balaban J connectivity index is 2.84. The smallest absolute Gasteiger partial charge is 0.306 e. The highest BCUT2D eigenvalue weighted by molar-refractivity contribution is 5.89. The van der Waals surface area contributed by atoms with Crippen molar-refractivity contribution in [3.05, 3.63) is 12.7 Å². The van der Waals surface area contributed by atoms with E-state index < -0.39 is 5.41 Å². The van der Waals surface area contributed by atoms with Crippen molar-refractivity contribution in [2.45, 2.75) is 52.9 Å². The van der Waals surface area contributed by atoms with Crippen LogP contribution in [0.1, 0.15) is 52.9 Å². The molecule has 2 unspecified atom stereocenters. The van der Waals surface area contributed by atoms with Gasteiger partial charge in [0.15, 0.2) is 0 Å². The average molecular weight is 266 g/mol. The number of allylic oxidation sites excluding steroid dienone is 1. The van der Waals surface area contributed by atoms with Crippen LogP contribution in [0.25, 0.3) is 0 Å². The van der Waals surface area contributed by atoms with Gasteiger partial charge in [0.2, 0.25) is 0 Å². The van der Waals surface area contributed by atoms with Gasteiger partial charge >= 0.3 is 5.97 Å². The average Bonchev–Trinajstić information content (AvgIpc) is 2.40. The van der Waals surface area contributed by atoms with Crippen LogP contribution in [0.2, 0.25) is 0 Å². The third-order valence-corrected chi connectivity index (χ3v) is 4.96. The first-order chi connectivity index (χ1) is 8.81. The van der Waals surface area contributed by atoms with Crippen LogP contribution in [0.5, 0.6) is 0 Å². The Morgan fingerprint density at radius 2 is 2.21 bits per heavy atom. The number of rotatable bonds is 5.